The van der Waals surface area contributed by atoms with Gasteiger partial charge in [-0.05, 0) is 31.6 Å². The number of rotatable bonds is 5. The Labute approximate surface area is 147 Å². The Hall–Kier alpha value is -1.18. The molecular weight excluding hydrogens is 334 g/mol. The first kappa shape index (κ1) is 18.2. The van der Waals surface area contributed by atoms with Crippen LogP contribution in [-0.2, 0) is 0 Å². The maximum Gasteiger partial charge on any atom is 0.228 e. The second-order valence-electron chi connectivity index (χ2n) is 6.61. The molecule has 1 fully saturated rings. The van der Waals surface area contributed by atoms with Crippen molar-refractivity contribution in [3.63, 3.8) is 0 Å². The summed E-state index contributed by atoms with van der Waals surface area (Å²) >= 11 is 11.4. The van der Waals surface area contributed by atoms with E-state index in [1.165, 1.54) is 0 Å². The van der Waals surface area contributed by atoms with E-state index in [1.54, 1.807) is 4.90 Å². The van der Waals surface area contributed by atoms with Crippen LogP contribution in [0, 0.1) is 11.8 Å². The molecule has 0 amide bonds. The molecule has 8 heteroatoms. The van der Waals surface area contributed by atoms with E-state index >= 15 is 0 Å². The van der Waals surface area contributed by atoms with Crippen molar-refractivity contribution < 1.29 is 5.11 Å². The van der Waals surface area contributed by atoms with Crippen LogP contribution in [-0.4, -0.2) is 46.3 Å². The highest BCUT2D eigenvalue weighted by Crippen LogP contribution is 2.42. The van der Waals surface area contributed by atoms with Crippen molar-refractivity contribution in [3.05, 3.63) is 10.7 Å². The van der Waals surface area contributed by atoms with E-state index in [-0.39, 0.29) is 34.1 Å². The van der Waals surface area contributed by atoms with Gasteiger partial charge in [-0.15, -0.1) is 0 Å². The minimum atomic E-state index is -0.214. The predicted molar refractivity (Wildman–Crippen MR) is 98.3 cm³/mol. The third-order valence-corrected chi connectivity index (χ3v) is 5.36. The maximum absolute atomic E-state index is 9.52. The number of aromatic nitrogens is 2. The highest BCUT2D eigenvalue weighted by Gasteiger charge is 2.42. The van der Waals surface area contributed by atoms with E-state index in [9.17, 15) is 5.11 Å². The van der Waals surface area contributed by atoms with Gasteiger partial charge in [0.05, 0.1) is 5.56 Å². The van der Waals surface area contributed by atoms with Crippen molar-refractivity contribution in [1.82, 2.24) is 9.97 Å². The van der Waals surface area contributed by atoms with Crippen molar-refractivity contribution in [2.45, 2.75) is 32.2 Å². The molecule has 3 unspecified atom stereocenters. The van der Waals surface area contributed by atoms with Crippen molar-refractivity contribution >= 4 is 40.6 Å². The zero-order valence-electron chi connectivity index (χ0n) is 13.9. The summed E-state index contributed by atoms with van der Waals surface area (Å²) in [7, 11) is 3.69. The molecule has 6 nitrogen and oxygen atoms in total. The Bertz CT molecular complexity index is 612. The van der Waals surface area contributed by atoms with Crippen LogP contribution in [0.15, 0.2) is 0 Å². The Morgan fingerprint density at radius 2 is 2.17 bits per heavy atom. The summed E-state index contributed by atoms with van der Waals surface area (Å²) in [6.07, 6.45) is 1.89. The van der Waals surface area contributed by atoms with E-state index in [0.717, 1.165) is 12.8 Å². The third-order valence-electron chi connectivity index (χ3n) is 4.88. The standard InChI is InChI=1S/C15H24ClN5OS/c1-8-9(7-22)5-6-15(8,2)20-13-10(12(17)23)11(16)18-14(19-13)21(3)4/h8-9,22H,5-7H2,1-4H3,(H2,17,23)(H,18,19,20). The minimum absolute atomic E-state index is 0.163. The molecule has 0 saturated heterocycles. The molecule has 2 rings (SSSR count). The fourth-order valence-electron chi connectivity index (χ4n) is 3.11. The van der Waals surface area contributed by atoms with E-state index in [4.69, 9.17) is 29.6 Å². The summed E-state index contributed by atoms with van der Waals surface area (Å²) in [6, 6.07) is 0. The average Bonchev–Trinajstić information content (AvgIpc) is 2.73. The molecule has 0 aliphatic heterocycles. The molecule has 0 spiro atoms. The van der Waals surface area contributed by atoms with Gasteiger partial charge in [-0.2, -0.15) is 4.98 Å². The molecule has 1 heterocycles. The van der Waals surface area contributed by atoms with Crippen molar-refractivity contribution in [3.8, 4) is 0 Å². The van der Waals surface area contributed by atoms with Crippen LogP contribution in [0.4, 0.5) is 11.8 Å². The first-order valence-electron chi connectivity index (χ1n) is 7.63. The van der Waals surface area contributed by atoms with Gasteiger partial charge in [0.15, 0.2) is 0 Å². The summed E-state index contributed by atoms with van der Waals surface area (Å²) in [4.78, 5) is 10.7. The van der Waals surface area contributed by atoms with Gasteiger partial charge in [-0.1, -0.05) is 30.7 Å². The average molecular weight is 358 g/mol. The minimum Gasteiger partial charge on any atom is -0.396 e. The van der Waals surface area contributed by atoms with Crippen molar-refractivity contribution in [2.24, 2.45) is 17.6 Å². The van der Waals surface area contributed by atoms with Gasteiger partial charge in [0.1, 0.15) is 16.0 Å². The highest BCUT2D eigenvalue weighted by atomic mass is 35.5. The largest absolute Gasteiger partial charge is 0.396 e. The van der Waals surface area contributed by atoms with Gasteiger partial charge in [-0.25, -0.2) is 4.98 Å². The highest BCUT2D eigenvalue weighted by molar-refractivity contribution is 7.80. The normalized spacial score (nSPS) is 27.0. The summed E-state index contributed by atoms with van der Waals surface area (Å²) in [5.74, 6) is 1.59. The van der Waals surface area contributed by atoms with Gasteiger partial charge in [0.25, 0.3) is 0 Å². The van der Waals surface area contributed by atoms with E-state index in [2.05, 4.69) is 29.1 Å². The Kier molecular flexibility index (Phi) is 5.33. The number of nitrogens with one attached hydrogen (secondary N) is 1. The lowest BCUT2D eigenvalue weighted by Crippen LogP contribution is -2.40. The molecule has 3 atom stereocenters. The molecule has 4 N–H and O–H groups in total. The monoisotopic (exact) mass is 357 g/mol. The van der Waals surface area contributed by atoms with E-state index < -0.39 is 0 Å². The smallest absolute Gasteiger partial charge is 0.228 e. The third kappa shape index (κ3) is 3.51. The quantitative estimate of drug-likeness (QED) is 0.549. The van der Waals surface area contributed by atoms with Crippen LogP contribution in [0.2, 0.25) is 5.15 Å². The van der Waals surface area contributed by atoms with Crippen LogP contribution < -0.4 is 16.0 Å². The Morgan fingerprint density at radius 1 is 1.52 bits per heavy atom. The second-order valence-corrected chi connectivity index (χ2v) is 7.41. The fraction of sp³-hybridized carbons (Fsp3) is 0.667. The lowest BCUT2D eigenvalue weighted by molar-refractivity contribution is 0.187. The molecule has 128 valence electrons. The van der Waals surface area contributed by atoms with E-state index in [1.807, 2.05) is 14.1 Å². The molecule has 0 radical (unpaired) electrons. The first-order valence-corrected chi connectivity index (χ1v) is 8.42. The van der Waals surface area contributed by atoms with E-state index in [0.29, 0.717) is 17.3 Å². The summed E-state index contributed by atoms with van der Waals surface area (Å²) in [5, 5.41) is 13.2. The fourth-order valence-corrected chi connectivity index (χ4v) is 3.63. The molecule has 0 bridgehead atoms. The van der Waals surface area contributed by atoms with Gasteiger partial charge in [0, 0.05) is 26.2 Å². The predicted octanol–water partition coefficient (Wildman–Crippen LogP) is 2.04. The zero-order valence-corrected chi connectivity index (χ0v) is 15.5. The van der Waals surface area contributed by atoms with Gasteiger partial charge < -0.3 is 21.1 Å². The first-order chi connectivity index (χ1) is 10.7. The van der Waals surface area contributed by atoms with Gasteiger partial charge >= 0.3 is 0 Å². The molecule has 1 aliphatic carbocycles. The number of aliphatic hydroxyl groups excluding tert-OH is 1. The topological polar surface area (TPSA) is 87.3 Å². The van der Waals surface area contributed by atoms with Crippen LogP contribution in [0.25, 0.3) is 0 Å². The number of hydrogen-bond acceptors (Lipinski definition) is 6. The molecule has 23 heavy (non-hydrogen) atoms. The number of thiocarbonyl (C=S) groups is 1. The SMILES string of the molecule is CC1C(CO)CCC1(C)Nc1nc(N(C)C)nc(Cl)c1C(N)=S. The zero-order chi connectivity index (χ0) is 17.4. The van der Waals surface area contributed by atoms with Crippen LogP contribution in [0.5, 0.6) is 0 Å². The molecule has 1 aromatic heterocycles. The van der Waals surface area contributed by atoms with Gasteiger partial charge in [-0.3, -0.25) is 0 Å². The number of aliphatic hydroxyl groups is 1. The molecule has 1 aliphatic rings. The number of nitrogens with zero attached hydrogens (tertiary/aromatic N) is 3. The molecule has 0 aromatic carbocycles. The van der Waals surface area contributed by atoms with Crippen LogP contribution >= 0.6 is 23.8 Å². The van der Waals surface area contributed by atoms with Crippen LogP contribution in [0.3, 0.4) is 0 Å². The molecule has 1 saturated carbocycles. The Morgan fingerprint density at radius 3 is 2.65 bits per heavy atom. The van der Waals surface area contributed by atoms with Gasteiger partial charge in [0.2, 0.25) is 5.95 Å². The molecule has 1 aromatic rings. The second kappa shape index (κ2) is 6.75. The van der Waals surface area contributed by atoms with Crippen molar-refractivity contribution in [2.75, 3.05) is 30.9 Å². The summed E-state index contributed by atoms with van der Waals surface area (Å²) < 4.78 is 0. The maximum atomic E-state index is 9.52. The van der Waals surface area contributed by atoms with Crippen molar-refractivity contribution in [1.29, 1.82) is 0 Å². The summed E-state index contributed by atoms with van der Waals surface area (Å²) in [5.41, 5.74) is 6.07. The Balaban J connectivity index is 2.44. The molecular formula is C15H24ClN5OS. The lowest BCUT2D eigenvalue weighted by Gasteiger charge is -2.34. The summed E-state index contributed by atoms with van der Waals surface area (Å²) in [6.45, 7) is 4.45. The number of halogens is 1. The number of anilines is 2. The number of nitrogens with two attached hydrogens (primary N) is 1. The number of hydrogen-bond donors (Lipinski definition) is 3. The lowest BCUT2D eigenvalue weighted by atomic mass is 9.86. The van der Waals surface area contributed by atoms with Crippen LogP contribution in [0.1, 0.15) is 32.3 Å².